The van der Waals surface area contributed by atoms with Gasteiger partial charge in [-0.1, -0.05) is 0 Å². The maximum absolute atomic E-state index is 12.3. The van der Waals surface area contributed by atoms with Crippen molar-refractivity contribution >= 4 is 10.0 Å². The third-order valence-corrected chi connectivity index (χ3v) is 8.13. The summed E-state index contributed by atoms with van der Waals surface area (Å²) in [5.74, 6) is 0.797. The van der Waals surface area contributed by atoms with Gasteiger partial charge in [-0.05, 0) is 56.3 Å². The van der Waals surface area contributed by atoms with Crippen molar-refractivity contribution in [3.8, 4) is 0 Å². The van der Waals surface area contributed by atoms with E-state index in [1.807, 2.05) is 0 Å². The molecule has 2 aliphatic heterocycles. The van der Waals surface area contributed by atoms with Gasteiger partial charge in [-0.2, -0.15) is 0 Å². The fourth-order valence-corrected chi connectivity index (χ4v) is 5.64. The Morgan fingerprint density at radius 3 is 2.45 bits per heavy atom. The number of hydrogen-bond acceptors (Lipinski definition) is 4. The van der Waals surface area contributed by atoms with Crippen LogP contribution in [-0.2, 0) is 19.5 Å². The van der Waals surface area contributed by atoms with Crippen molar-refractivity contribution in [1.82, 2.24) is 4.31 Å². The fraction of sp³-hybridized carbons (Fsp3) is 1.00. The first-order chi connectivity index (χ1) is 10.6. The molecule has 0 aromatic carbocycles. The van der Waals surface area contributed by atoms with Crippen LogP contribution in [0.2, 0.25) is 0 Å². The summed E-state index contributed by atoms with van der Waals surface area (Å²) >= 11 is 0. The molecule has 6 heteroatoms. The first kappa shape index (κ1) is 15.4. The molecule has 2 heterocycles. The molecule has 4 aliphatic rings. The van der Waals surface area contributed by atoms with E-state index in [0.29, 0.717) is 19.7 Å². The van der Waals surface area contributed by atoms with E-state index >= 15 is 0 Å². The van der Waals surface area contributed by atoms with Crippen LogP contribution in [0, 0.1) is 11.3 Å². The first-order valence-electron chi connectivity index (χ1n) is 8.76. The maximum Gasteiger partial charge on any atom is 0.216 e. The van der Waals surface area contributed by atoms with Crippen LogP contribution in [0.1, 0.15) is 44.9 Å². The third-order valence-electron chi connectivity index (χ3n) is 5.73. The molecule has 0 N–H and O–H groups in total. The molecule has 2 saturated carbocycles. The van der Waals surface area contributed by atoms with Crippen LogP contribution < -0.4 is 0 Å². The first-order valence-corrected chi connectivity index (χ1v) is 10.3. The molecular formula is C16H27NO4S. The van der Waals surface area contributed by atoms with Crippen LogP contribution in [0.4, 0.5) is 0 Å². The lowest BCUT2D eigenvalue weighted by Gasteiger charge is -2.37. The molecule has 4 rings (SSSR count). The van der Waals surface area contributed by atoms with Gasteiger partial charge in [0.1, 0.15) is 0 Å². The second-order valence-corrected chi connectivity index (χ2v) is 9.97. The molecule has 0 radical (unpaired) electrons. The summed E-state index contributed by atoms with van der Waals surface area (Å²) in [4.78, 5) is 0. The van der Waals surface area contributed by atoms with Crippen molar-refractivity contribution in [3.05, 3.63) is 0 Å². The summed E-state index contributed by atoms with van der Waals surface area (Å²) in [6, 6.07) is 0. The molecule has 5 nitrogen and oxygen atoms in total. The van der Waals surface area contributed by atoms with Crippen LogP contribution in [0.15, 0.2) is 0 Å². The van der Waals surface area contributed by atoms with E-state index in [-0.39, 0.29) is 16.8 Å². The molecule has 2 aliphatic carbocycles. The summed E-state index contributed by atoms with van der Waals surface area (Å²) in [5, 5.41) is -0.0787. The van der Waals surface area contributed by atoms with Crippen LogP contribution in [0.3, 0.4) is 0 Å². The van der Waals surface area contributed by atoms with Crippen LogP contribution in [0.5, 0.6) is 0 Å². The highest BCUT2D eigenvalue weighted by molar-refractivity contribution is 7.90. The fourth-order valence-electron chi connectivity index (χ4n) is 3.79. The molecule has 22 heavy (non-hydrogen) atoms. The Bertz CT molecular complexity index is 504. The zero-order valence-corrected chi connectivity index (χ0v) is 14.0. The van der Waals surface area contributed by atoms with E-state index in [0.717, 1.165) is 51.2 Å². The van der Waals surface area contributed by atoms with E-state index in [9.17, 15) is 8.42 Å². The van der Waals surface area contributed by atoms with Gasteiger partial charge in [0, 0.05) is 19.7 Å². The highest BCUT2D eigenvalue weighted by Gasteiger charge is 2.47. The minimum atomic E-state index is -3.00. The number of nitrogens with zero attached hydrogens (tertiary/aromatic N) is 1. The van der Waals surface area contributed by atoms with E-state index in [2.05, 4.69) is 0 Å². The summed E-state index contributed by atoms with van der Waals surface area (Å²) in [6.45, 7) is 3.74. The van der Waals surface area contributed by atoms with Gasteiger partial charge in [0.2, 0.25) is 10.0 Å². The molecule has 126 valence electrons. The van der Waals surface area contributed by atoms with Gasteiger partial charge < -0.3 is 9.47 Å². The Kier molecular flexibility index (Phi) is 4.00. The zero-order valence-electron chi connectivity index (χ0n) is 13.2. The number of piperidine rings is 1. The van der Waals surface area contributed by atoms with E-state index in [1.165, 1.54) is 12.8 Å². The Balaban J connectivity index is 1.25. The summed E-state index contributed by atoms with van der Waals surface area (Å²) in [6.07, 6.45) is 7.48. The van der Waals surface area contributed by atoms with Crippen LogP contribution >= 0.6 is 0 Å². The molecular weight excluding hydrogens is 302 g/mol. The lowest BCUT2D eigenvalue weighted by Crippen LogP contribution is -2.44. The largest absolute Gasteiger partial charge is 0.378 e. The SMILES string of the molecule is O=S(=O)(C1CC1)N1CCC2(CC1)CO[C@@H](COCC1CC1)C2. The topological polar surface area (TPSA) is 55.8 Å². The Morgan fingerprint density at radius 1 is 1.09 bits per heavy atom. The molecule has 0 aromatic rings. The predicted molar refractivity (Wildman–Crippen MR) is 83.1 cm³/mol. The molecule has 0 unspecified atom stereocenters. The van der Waals surface area contributed by atoms with Gasteiger partial charge in [-0.3, -0.25) is 0 Å². The van der Waals surface area contributed by atoms with E-state index < -0.39 is 10.0 Å². The predicted octanol–water partition coefficient (Wildman–Crippen LogP) is 1.78. The van der Waals surface area contributed by atoms with E-state index in [4.69, 9.17) is 9.47 Å². The van der Waals surface area contributed by atoms with Gasteiger partial charge >= 0.3 is 0 Å². The molecule has 0 amide bonds. The number of rotatable bonds is 6. The molecule has 0 aromatic heterocycles. The Labute approximate surface area is 133 Å². The van der Waals surface area contributed by atoms with Crippen molar-refractivity contribution < 1.29 is 17.9 Å². The standard InChI is InChI=1S/C16H27NO4S/c18-22(19,15-3-4-15)17-7-5-16(6-8-17)9-14(21-12-16)11-20-10-13-1-2-13/h13-15H,1-12H2/t14-/m1/s1. The second-order valence-electron chi connectivity index (χ2n) is 7.76. The highest BCUT2D eigenvalue weighted by atomic mass is 32.2. The van der Waals surface area contributed by atoms with Gasteiger partial charge in [0.05, 0.1) is 24.6 Å². The van der Waals surface area contributed by atoms with Crippen molar-refractivity contribution in [2.24, 2.45) is 11.3 Å². The second kappa shape index (κ2) is 5.72. The Morgan fingerprint density at radius 2 is 1.82 bits per heavy atom. The molecule has 1 spiro atoms. The van der Waals surface area contributed by atoms with Crippen molar-refractivity contribution in [2.45, 2.75) is 56.3 Å². The van der Waals surface area contributed by atoms with Gasteiger partial charge in [0.15, 0.2) is 0 Å². The molecule has 2 saturated heterocycles. The molecule has 1 atom stereocenters. The average Bonchev–Trinajstić information content (AvgIpc) is 3.39. The number of ether oxygens (including phenoxy) is 2. The smallest absolute Gasteiger partial charge is 0.216 e. The zero-order chi connectivity index (χ0) is 15.2. The quantitative estimate of drug-likeness (QED) is 0.745. The molecule has 0 bridgehead atoms. The van der Waals surface area contributed by atoms with Gasteiger partial charge in [-0.15, -0.1) is 0 Å². The normalized spacial score (nSPS) is 32.6. The average molecular weight is 329 g/mol. The van der Waals surface area contributed by atoms with Gasteiger partial charge in [-0.25, -0.2) is 12.7 Å². The summed E-state index contributed by atoms with van der Waals surface area (Å²) in [5.41, 5.74) is 0.198. The maximum atomic E-state index is 12.3. The number of sulfonamides is 1. The van der Waals surface area contributed by atoms with Gasteiger partial charge in [0.25, 0.3) is 0 Å². The Hall–Kier alpha value is -0.170. The lowest BCUT2D eigenvalue weighted by molar-refractivity contribution is 0.0103. The van der Waals surface area contributed by atoms with Crippen molar-refractivity contribution in [2.75, 3.05) is 32.9 Å². The molecule has 4 fully saturated rings. The van der Waals surface area contributed by atoms with Crippen LogP contribution in [0.25, 0.3) is 0 Å². The van der Waals surface area contributed by atoms with E-state index in [1.54, 1.807) is 4.31 Å². The third kappa shape index (κ3) is 3.21. The minimum absolute atomic E-state index is 0.0787. The van der Waals surface area contributed by atoms with Crippen molar-refractivity contribution in [1.29, 1.82) is 0 Å². The minimum Gasteiger partial charge on any atom is -0.378 e. The lowest BCUT2D eigenvalue weighted by atomic mass is 9.77. The summed E-state index contributed by atoms with van der Waals surface area (Å²) < 4.78 is 38.0. The summed E-state index contributed by atoms with van der Waals surface area (Å²) in [7, 11) is -3.00. The highest BCUT2D eigenvalue weighted by Crippen LogP contribution is 2.44. The monoisotopic (exact) mass is 329 g/mol. The number of hydrogen-bond donors (Lipinski definition) is 0. The van der Waals surface area contributed by atoms with Crippen LogP contribution in [-0.4, -0.2) is 57.0 Å². The van der Waals surface area contributed by atoms with Crippen molar-refractivity contribution in [3.63, 3.8) is 0 Å².